The summed E-state index contributed by atoms with van der Waals surface area (Å²) >= 11 is 0. The first-order valence-electron chi connectivity index (χ1n) is 15.3. The molecule has 0 radical (unpaired) electrons. The smallest absolute Gasteiger partial charge is 0.309 e. The van der Waals surface area contributed by atoms with Crippen LogP contribution in [0.25, 0.3) is 66.1 Å². The third-order valence-corrected chi connectivity index (χ3v) is 9.01. The highest BCUT2D eigenvalue weighted by atomic mass is 19.4. The number of nitriles is 2. The van der Waals surface area contributed by atoms with E-state index in [2.05, 4.69) is 12.1 Å². The van der Waals surface area contributed by atoms with Crippen LogP contribution in [-0.2, 0) is 12.4 Å². The number of hydrogen-bond acceptors (Lipinski definition) is 2. The van der Waals surface area contributed by atoms with E-state index >= 15 is 13.2 Å². The lowest BCUT2D eigenvalue weighted by atomic mass is 9.95. The maximum absolute atomic E-state index is 16.0. The Kier molecular flexibility index (Phi) is 6.78. The lowest BCUT2D eigenvalue weighted by Crippen LogP contribution is -2.17. The molecule has 242 valence electrons. The molecule has 6 aromatic carbocycles. The van der Waals surface area contributed by atoms with E-state index in [9.17, 15) is 23.7 Å². The number of hydrogen-bond donors (Lipinski definition) is 0. The van der Waals surface area contributed by atoms with Crippen molar-refractivity contribution in [2.75, 3.05) is 0 Å². The predicted octanol–water partition coefficient (Wildman–Crippen LogP) is 11.3. The van der Waals surface area contributed by atoms with Gasteiger partial charge in [-0.05, 0) is 60.2 Å². The van der Waals surface area contributed by atoms with Crippen molar-refractivity contribution in [3.8, 4) is 34.6 Å². The SMILES string of the molecule is N#Cc1ccc2c3ccccc3n(-c3ccc(-c4cccc(C(F)(F)F)c4)c(-n4c5ccccc5c5ccc(C#N)cc54)c3C(F)(F)F)c2c1. The predicted molar refractivity (Wildman–Crippen MR) is 180 cm³/mol. The van der Waals surface area contributed by atoms with Gasteiger partial charge in [-0.3, -0.25) is 0 Å². The number of rotatable bonds is 3. The number of nitrogens with zero attached hydrogens (tertiary/aromatic N) is 4. The molecule has 0 N–H and O–H groups in total. The molecule has 0 aliphatic rings. The summed E-state index contributed by atoms with van der Waals surface area (Å²) in [5, 5.41) is 21.9. The van der Waals surface area contributed by atoms with Crippen molar-refractivity contribution in [3.63, 3.8) is 0 Å². The molecule has 0 saturated carbocycles. The number of fused-ring (bicyclic) bond motifs is 6. The maximum atomic E-state index is 16.0. The lowest BCUT2D eigenvalue weighted by Gasteiger charge is -2.24. The summed E-state index contributed by atoms with van der Waals surface area (Å²) in [5.74, 6) is 0. The second kappa shape index (κ2) is 11.0. The molecule has 10 heteroatoms. The van der Waals surface area contributed by atoms with Gasteiger partial charge in [0.05, 0.1) is 62.3 Å². The minimum absolute atomic E-state index is 0.0803. The monoisotopic (exact) mass is 670 g/mol. The number of alkyl halides is 6. The van der Waals surface area contributed by atoms with E-state index < -0.39 is 29.2 Å². The van der Waals surface area contributed by atoms with Gasteiger partial charge in [0.25, 0.3) is 0 Å². The van der Waals surface area contributed by atoms with Crippen molar-refractivity contribution in [1.82, 2.24) is 9.13 Å². The van der Waals surface area contributed by atoms with E-state index in [1.54, 1.807) is 72.8 Å². The Morgan fingerprint density at radius 2 is 1.02 bits per heavy atom. The number of aromatic nitrogens is 2. The molecule has 4 nitrogen and oxygen atoms in total. The molecule has 50 heavy (non-hydrogen) atoms. The third kappa shape index (κ3) is 4.68. The summed E-state index contributed by atoms with van der Waals surface area (Å²) in [6.45, 7) is 0. The highest BCUT2D eigenvalue weighted by Crippen LogP contribution is 2.48. The van der Waals surface area contributed by atoms with Gasteiger partial charge < -0.3 is 9.13 Å². The van der Waals surface area contributed by atoms with Gasteiger partial charge in [-0.25, -0.2) is 0 Å². The molecule has 0 amide bonds. The summed E-state index contributed by atoms with van der Waals surface area (Å²) in [4.78, 5) is 0. The van der Waals surface area contributed by atoms with E-state index in [1.165, 1.54) is 45.5 Å². The van der Waals surface area contributed by atoms with E-state index in [4.69, 9.17) is 0 Å². The van der Waals surface area contributed by atoms with Crippen LogP contribution in [-0.4, -0.2) is 9.13 Å². The Hall–Kier alpha value is -6.52. The van der Waals surface area contributed by atoms with Gasteiger partial charge in [-0.1, -0.05) is 66.7 Å². The molecule has 0 fully saturated rings. The molecule has 8 rings (SSSR count). The number of benzene rings is 6. The molecular formula is C40H20F6N4. The van der Waals surface area contributed by atoms with Gasteiger partial charge in [-0.2, -0.15) is 36.9 Å². The molecule has 0 spiro atoms. The first-order valence-corrected chi connectivity index (χ1v) is 15.3. The number of para-hydroxylation sites is 2. The van der Waals surface area contributed by atoms with Gasteiger partial charge >= 0.3 is 12.4 Å². The van der Waals surface area contributed by atoms with Gasteiger partial charge in [0.15, 0.2) is 0 Å². The molecule has 0 bridgehead atoms. The van der Waals surface area contributed by atoms with E-state index in [1.807, 2.05) is 0 Å². The zero-order valence-electron chi connectivity index (χ0n) is 25.6. The fourth-order valence-electron chi connectivity index (χ4n) is 6.96. The average molecular weight is 671 g/mol. The fraction of sp³-hybridized carbons (Fsp3) is 0.0500. The minimum atomic E-state index is -5.06. The maximum Gasteiger partial charge on any atom is 0.420 e. The highest BCUT2D eigenvalue weighted by Gasteiger charge is 2.41. The highest BCUT2D eigenvalue weighted by molar-refractivity contribution is 6.12. The molecule has 0 saturated heterocycles. The molecule has 0 aliphatic heterocycles. The second-order valence-electron chi connectivity index (χ2n) is 11.8. The van der Waals surface area contributed by atoms with Crippen LogP contribution in [0, 0.1) is 22.7 Å². The first-order chi connectivity index (χ1) is 24.0. The van der Waals surface area contributed by atoms with Crippen molar-refractivity contribution in [1.29, 1.82) is 10.5 Å². The molecule has 2 aromatic heterocycles. The zero-order chi connectivity index (χ0) is 34.9. The van der Waals surface area contributed by atoms with Crippen LogP contribution in [0.3, 0.4) is 0 Å². The summed E-state index contributed by atoms with van der Waals surface area (Å²) in [6.07, 6.45) is -9.81. The van der Waals surface area contributed by atoms with Gasteiger partial charge in [0, 0.05) is 27.1 Å². The zero-order valence-corrected chi connectivity index (χ0v) is 25.6. The Balaban J connectivity index is 1.62. The van der Waals surface area contributed by atoms with Crippen LogP contribution in [0.1, 0.15) is 22.3 Å². The van der Waals surface area contributed by atoms with Gasteiger partial charge in [0.1, 0.15) is 5.56 Å². The normalized spacial score (nSPS) is 12.2. The molecular weight excluding hydrogens is 650 g/mol. The molecule has 8 aromatic rings. The van der Waals surface area contributed by atoms with Crippen molar-refractivity contribution in [2.45, 2.75) is 12.4 Å². The van der Waals surface area contributed by atoms with E-state index in [0.29, 0.717) is 38.1 Å². The van der Waals surface area contributed by atoms with Crippen LogP contribution >= 0.6 is 0 Å². The number of halogens is 6. The van der Waals surface area contributed by atoms with Crippen LogP contribution in [0.15, 0.2) is 121 Å². The third-order valence-electron chi connectivity index (χ3n) is 9.01. The van der Waals surface area contributed by atoms with Gasteiger partial charge in [-0.15, -0.1) is 0 Å². The van der Waals surface area contributed by atoms with E-state index in [-0.39, 0.29) is 33.5 Å². The minimum Gasteiger partial charge on any atom is -0.309 e. The lowest BCUT2D eigenvalue weighted by molar-refractivity contribution is -0.138. The van der Waals surface area contributed by atoms with Crippen LogP contribution < -0.4 is 0 Å². The molecule has 2 heterocycles. The Labute approximate surface area is 279 Å². The Bertz CT molecular complexity index is 2770. The largest absolute Gasteiger partial charge is 0.420 e. The Morgan fingerprint density at radius 3 is 1.58 bits per heavy atom. The molecule has 0 unspecified atom stereocenters. The molecule has 0 atom stereocenters. The summed E-state index contributed by atoms with van der Waals surface area (Å²) in [6, 6.07) is 34.2. The second-order valence-corrected chi connectivity index (χ2v) is 11.8. The fourth-order valence-corrected chi connectivity index (χ4v) is 6.96. The van der Waals surface area contributed by atoms with Crippen molar-refractivity contribution in [2.24, 2.45) is 0 Å². The quantitative estimate of drug-likeness (QED) is 0.176. The first kappa shape index (κ1) is 30.8. The van der Waals surface area contributed by atoms with Crippen LogP contribution in [0.2, 0.25) is 0 Å². The molecule has 0 aliphatic carbocycles. The summed E-state index contributed by atoms with van der Waals surface area (Å²) in [7, 11) is 0. The van der Waals surface area contributed by atoms with E-state index in [0.717, 1.165) is 12.1 Å². The topological polar surface area (TPSA) is 57.4 Å². The van der Waals surface area contributed by atoms with Crippen molar-refractivity contribution >= 4 is 43.6 Å². The standard InChI is InChI=1S/C40H20F6N4/c41-39(42,43)26-7-5-6-25(20-26)27-16-17-34(49-32-10-3-1-8-28(32)30-14-12-23(21-47)18-35(30)49)37(40(44,45)46)38(27)50-33-11-4-2-9-29(33)31-15-13-24(22-48)19-36(31)50/h1-20H. The average Bonchev–Trinajstić information content (AvgIpc) is 3.62. The van der Waals surface area contributed by atoms with Crippen LogP contribution in [0.4, 0.5) is 26.3 Å². The van der Waals surface area contributed by atoms with Crippen molar-refractivity contribution < 1.29 is 26.3 Å². The van der Waals surface area contributed by atoms with Gasteiger partial charge in [0.2, 0.25) is 0 Å². The summed E-state index contributed by atoms with van der Waals surface area (Å²) in [5.41, 5.74) is -1.14. The van der Waals surface area contributed by atoms with Crippen molar-refractivity contribution in [3.05, 3.63) is 144 Å². The Morgan fingerprint density at radius 1 is 0.480 bits per heavy atom. The summed E-state index contributed by atoms with van der Waals surface area (Å²) < 4.78 is 92.9. The van der Waals surface area contributed by atoms with Crippen LogP contribution in [0.5, 0.6) is 0 Å².